The molecule has 0 saturated carbocycles. The van der Waals surface area contributed by atoms with Crippen molar-refractivity contribution in [3.8, 4) is 0 Å². The maximum absolute atomic E-state index is 11.9. The Morgan fingerprint density at radius 3 is 2.75 bits per heavy atom. The average molecular weight is 274 g/mol. The van der Waals surface area contributed by atoms with E-state index in [2.05, 4.69) is 20.5 Å². The van der Waals surface area contributed by atoms with Gasteiger partial charge in [-0.1, -0.05) is 24.3 Å². The SMILES string of the molecule is CCOCc1ccccc1CNC(=O)c1n[nH]c(C)n1. The van der Waals surface area contributed by atoms with Gasteiger partial charge >= 0.3 is 0 Å². The van der Waals surface area contributed by atoms with Gasteiger partial charge in [-0.05, 0) is 25.0 Å². The first-order chi connectivity index (χ1) is 9.70. The number of amides is 1. The molecule has 106 valence electrons. The standard InChI is InChI=1S/C14H18N4O2/c1-3-20-9-12-7-5-4-6-11(12)8-15-14(19)13-16-10(2)17-18-13/h4-7H,3,8-9H2,1-2H3,(H,15,19)(H,16,17,18). The maximum Gasteiger partial charge on any atom is 0.291 e. The number of nitrogens with zero attached hydrogens (tertiary/aromatic N) is 2. The minimum absolute atomic E-state index is 0.157. The van der Waals surface area contributed by atoms with Crippen LogP contribution in [0.25, 0.3) is 0 Å². The minimum atomic E-state index is -0.291. The number of nitrogens with one attached hydrogen (secondary N) is 2. The highest BCUT2D eigenvalue weighted by Gasteiger charge is 2.11. The molecule has 0 bridgehead atoms. The number of benzene rings is 1. The van der Waals surface area contributed by atoms with Crippen molar-refractivity contribution in [1.29, 1.82) is 0 Å². The van der Waals surface area contributed by atoms with Crippen LogP contribution in [-0.4, -0.2) is 27.7 Å². The third kappa shape index (κ3) is 3.64. The smallest absolute Gasteiger partial charge is 0.291 e. The fourth-order valence-corrected chi connectivity index (χ4v) is 1.78. The largest absolute Gasteiger partial charge is 0.377 e. The maximum atomic E-state index is 11.9. The van der Waals surface area contributed by atoms with Gasteiger partial charge in [0.25, 0.3) is 5.91 Å². The molecule has 20 heavy (non-hydrogen) atoms. The summed E-state index contributed by atoms with van der Waals surface area (Å²) in [7, 11) is 0. The molecule has 0 atom stereocenters. The molecule has 2 aromatic rings. The second kappa shape index (κ2) is 6.81. The van der Waals surface area contributed by atoms with Crippen LogP contribution < -0.4 is 5.32 Å². The second-order valence-corrected chi connectivity index (χ2v) is 4.33. The topological polar surface area (TPSA) is 79.9 Å². The van der Waals surface area contributed by atoms with Crippen molar-refractivity contribution in [2.45, 2.75) is 27.0 Å². The number of H-pyrrole nitrogens is 1. The number of rotatable bonds is 6. The molecular weight excluding hydrogens is 256 g/mol. The molecule has 0 aliphatic rings. The molecule has 6 heteroatoms. The van der Waals surface area contributed by atoms with E-state index < -0.39 is 0 Å². The normalized spacial score (nSPS) is 10.5. The monoisotopic (exact) mass is 274 g/mol. The molecule has 0 saturated heterocycles. The van der Waals surface area contributed by atoms with Crippen molar-refractivity contribution < 1.29 is 9.53 Å². The Morgan fingerprint density at radius 2 is 2.10 bits per heavy atom. The molecular formula is C14H18N4O2. The lowest BCUT2D eigenvalue weighted by molar-refractivity contribution is 0.0939. The molecule has 0 radical (unpaired) electrons. The van der Waals surface area contributed by atoms with E-state index in [1.807, 2.05) is 31.2 Å². The first kappa shape index (κ1) is 14.2. The van der Waals surface area contributed by atoms with Crippen LogP contribution in [0.15, 0.2) is 24.3 Å². The van der Waals surface area contributed by atoms with E-state index >= 15 is 0 Å². The van der Waals surface area contributed by atoms with E-state index in [9.17, 15) is 4.79 Å². The molecule has 0 unspecified atom stereocenters. The Bertz CT molecular complexity index is 580. The summed E-state index contributed by atoms with van der Waals surface area (Å²) in [5.41, 5.74) is 2.10. The molecule has 1 aromatic heterocycles. The summed E-state index contributed by atoms with van der Waals surface area (Å²) < 4.78 is 5.41. The van der Waals surface area contributed by atoms with Gasteiger partial charge in [-0.25, -0.2) is 4.98 Å². The van der Waals surface area contributed by atoms with Crippen LogP contribution in [0.1, 0.15) is 34.5 Å². The summed E-state index contributed by atoms with van der Waals surface area (Å²) in [5, 5.41) is 9.28. The zero-order valence-electron chi connectivity index (χ0n) is 11.6. The lowest BCUT2D eigenvalue weighted by Crippen LogP contribution is -2.24. The Morgan fingerprint density at radius 1 is 1.35 bits per heavy atom. The summed E-state index contributed by atoms with van der Waals surface area (Å²) in [6.07, 6.45) is 0. The van der Waals surface area contributed by atoms with Crippen LogP contribution in [0, 0.1) is 6.92 Å². The van der Waals surface area contributed by atoms with Gasteiger partial charge in [-0.2, -0.15) is 0 Å². The minimum Gasteiger partial charge on any atom is -0.377 e. The predicted molar refractivity (Wildman–Crippen MR) is 74.1 cm³/mol. The highest BCUT2D eigenvalue weighted by atomic mass is 16.5. The zero-order chi connectivity index (χ0) is 14.4. The van der Waals surface area contributed by atoms with Gasteiger partial charge in [-0.3, -0.25) is 9.89 Å². The van der Waals surface area contributed by atoms with E-state index in [0.717, 1.165) is 11.1 Å². The molecule has 0 spiro atoms. The first-order valence-corrected chi connectivity index (χ1v) is 6.52. The lowest BCUT2D eigenvalue weighted by atomic mass is 10.1. The Kier molecular flexibility index (Phi) is 4.84. The van der Waals surface area contributed by atoms with E-state index in [1.165, 1.54) is 0 Å². The van der Waals surface area contributed by atoms with Crippen LogP contribution in [0.2, 0.25) is 0 Å². The number of aryl methyl sites for hydroxylation is 1. The lowest BCUT2D eigenvalue weighted by Gasteiger charge is -2.09. The number of aromatic nitrogens is 3. The molecule has 0 aliphatic carbocycles. The predicted octanol–water partition coefficient (Wildman–Crippen LogP) is 1.58. The zero-order valence-corrected chi connectivity index (χ0v) is 11.6. The van der Waals surface area contributed by atoms with Gasteiger partial charge < -0.3 is 10.1 Å². The van der Waals surface area contributed by atoms with Gasteiger partial charge in [0.05, 0.1) is 6.61 Å². The number of aromatic amines is 1. The second-order valence-electron chi connectivity index (χ2n) is 4.33. The summed E-state index contributed by atoms with van der Waals surface area (Å²) in [4.78, 5) is 15.9. The fraction of sp³-hybridized carbons (Fsp3) is 0.357. The fourth-order valence-electron chi connectivity index (χ4n) is 1.78. The van der Waals surface area contributed by atoms with E-state index in [-0.39, 0.29) is 11.7 Å². The van der Waals surface area contributed by atoms with Gasteiger partial charge in [-0.15, -0.1) is 5.10 Å². The number of carbonyl (C=O) groups excluding carboxylic acids is 1. The quantitative estimate of drug-likeness (QED) is 0.838. The number of carbonyl (C=O) groups is 1. The molecule has 0 fully saturated rings. The van der Waals surface area contributed by atoms with E-state index in [4.69, 9.17) is 4.74 Å². The highest BCUT2D eigenvalue weighted by molar-refractivity contribution is 5.90. The van der Waals surface area contributed by atoms with Crippen molar-refractivity contribution in [3.05, 3.63) is 47.0 Å². The highest BCUT2D eigenvalue weighted by Crippen LogP contribution is 2.10. The first-order valence-electron chi connectivity index (χ1n) is 6.52. The molecule has 1 aromatic carbocycles. The van der Waals surface area contributed by atoms with E-state index in [1.54, 1.807) is 6.92 Å². The number of hydrogen-bond acceptors (Lipinski definition) is 4. The van der Waals surface area contributed by atoms with Gasteiger partial charge in [0.2, 0.25) is 5.82 Å². The molecule has 6 nitrogen and oxygen atoms in total. The van der Waals surface area contributed by atoms with Crippen molar-refractivity contribution >= 4 is 5.91 Å². The molecule has 1 amide bonds. The van der Waals surface area contributed by atoms with Gasteiger partial charge in [0.1, 0.15) is 5.82 Å². The molecule has 0 aliphatic heterocycles. The van der Waals surface area contributed by atoms with Gasteiger partial charge in [0.15, 0.2) is 0 Å². The van der Waals surface area contributed by atoms with Crippen molar-refractivity contribution in [1.82, 2.24) is 20.5 Å². The van der Waals surface area contributed by atoms with Crippen LogP contribution in [0.5, 0.6) is 0 Å². The van der Waals surface area contributed by atoms with Crippen LogP contribution in [0.3, 0.4) is 0 Å². The summed E-state index contributed by atoms with van der Waals surface area (Å²) in [6, 6.07) is 7.86. The summed E-state index contributed by atoms with van der Waals surface area (Å²) >= 11 is 0. The molecule has 2 N–H and O–H groups in total. The van der Waals surface area contributed by atoms with Crippen molar-refractivity contribution in [3.63, 3.8) is 0 Å². The number of hydrogen-bond donors (Lipinski definition) is 2. The molecule has 2 rings (SSSR count). The summed E-state index contributed by atoms with van der Waals surface area (Å²) in [6.45, 7) is 5.34. The summed E-state index contributed by atoms with van der Waals surface area (Å²) in [5.74, 6) is 0.484. The van der Waals surface area contributed by atoms with Crippen molar-refractivity contribution in [2.24, 2.45) is 0 Å². The van der Waals surface area contributed by atoms with Crippen LogP contribution in [-0.2, 0) is 17.9 Å². The number of ether oxygens (including phenoxy) is 1. The Hall–Kier alpha value is -2.21. The average Bonchev–Trinajstić information content (AvgIpc) is 2.90. The Balaban J connectivity index is 1.98. The van der Waals surface area contributed by atoms with Crippen LogP contribution in [0.4, 0.5) is 0 Å². The van der Waals surface area contributed by atoms with Gasteiger partial charge in [0, 0.05) is 13.2 Å². The molecule has 1 heterocycles. The van der Waals surface area contributed by atoms with Crippen molar-refractivity contribution in [2.75, 3.05) is 6.61 Å². The van der Waals surface area contributed by atoms with E-state index in [0.29, 0.717) is 25.6 Å². The third-order valence-corrected chi connectivity index (χ3v) is 2.82. The van der Waals surface area contributed by atoms with Crippen LogP contribution >= 0.6 is 0 Å². The Labute approximate surface area is 117 Å². The third-order valence-electron chi connectivity index (χ3n) is 2.82.